The number of aliphatic hydroxyl groups is 1. The number of amides is 1. The number of aliphatic hydroxyl groups excluding tert-OH is 1. The molecule has 0 aliphatic carbocycles. The van der Waals surface area contributed by atoms with Crippen molar-refractivity contribution in [3.05, 3.63) is 0 Å². The zero-order valence-electron chi connectivity index (χ0n) is 14.4. The number of rotatable bonds is 5. The average Bonchev–Trinajstić information content (AvgIpc) is 2.49. The first kappa shape index (κ1) is 22.6. The fraction of sp³-hybridized carbons (Fsp3) is 0.714. The fourth-order valence-electron chi connectivity index (χ4n) is 2.31. The van der Waals surface area contributed by atoms with Crippen LogP contribution in [0.1, 0.15) is 20.8 Å². The van der Waals surface area contributed by atoms with Gasteiger partial charge in [-0.3, -0.25) is 19.2 Å². The minimum atomic E-state index is -5.30. The number of carbonyl (C=O) groups is 4. The van der Waals surface area contributed by atoms with Crippen LogP contribution in [0.25, 0.3) is 0 Å². The Labute approximate surface area is 150 Å². The number of hydrogen-bond donors (Lipinski definition) is 2. The molecule has 0 spiro atoms. The number of alkyl halides is 3. The maximum atomic E-state index is 12.5. The number of nitrogens with one attached hydrogen (secondary N) is 1. The summed E-state index contributed by atoms with van der Waals surface area (Å²) in [6.07, 6.45) is -12.1. The van der Waals surface area contributed by atoms with Crippen LogP contribution in [-0.2, 0) is 38.1 Å². The number of ether oxygens (including phenoxy) is 4. The maximum Gasteiger partial charge on any atom is 0.471 e. The summed E-state index contributed by atoms with van der Waals surface area (Å²) in [6.45, 7) is 2.36. The van der Waals surface area contributed by atoms with Gasteiger partial charge >= 0.3 is 30.0 Å². The Morgan fingerprint density at radius 3 is 1.96 bits per heavy atom. The van der Waals surface area contributed by atoms with E-state index >= 15 is 0 Å². The van der Waals surface area contributed by atoms with Gasteiger partial charge in [-0.2, -0.15) is 13.2 Å². The van der Waals surface area contributed by atoms with Crippen molar-refractivity contribution >= 4 is 23.8 Å². The van der Waals surface area contributed by atoms with Crippen molar-refractivity contribution in [2.24, 2.45) is 0 Å². The molecular formula is C14H18F3NO9. The van der Waals surface area contributed by atoms with Gasteiger partial charge < -0.3 is 29.4 Å². The van der Waals surface area contributed by atoms with Gasteiger partial charge in [-0.05, 0) is 0 Å². The summed E-state index contributed by atoms with van der Waals surface area (Å²) < 4.78 is 57.1. The van der Waals surface area contributed by atoms with E-state index < -0.39 is 67.2 Å². The molecule has 13 heteroatoms. The molecule has 0 aromatic carbocycles. The van der Waals surface area contributed by atoms with E-state index in [1.807, 2.05) is 0 Å². The second kappa shape index (κ2) is 8.99. The molecule has 154 valence electrons. The van der Waals surface area contributed by atoms with Crippen LogP contribution >= 0.6 is 0 Å². The standard InChI is InChI=1S/C14H18F3NO9/c1-5(19)24-4-8-10(25-6(2)20)11(26-7(3)21)9(12(22)27-8)18-13(23)14(15,16)17/h8-12,22H,4H2,1-3H3,(H,18,23)/t8-,9-,10+,11+,12+/m0/s1. The number of carbonyl (C=O) groups excluding carboxylic acids is 4. The number of halogens is 3. The smallest absolute Gasteiger partial charge is 0.463 e. The molecule has 0 bridgehead atoms. The Bertz CT molecular complexity index is 595. The quantitative estimate of drug-likeness (QED) is 0.447. The normalized spacial score (nSPS) is 28.0. The van der Waals surface area contributed by atoms with Crippen LogP contribution in [0.5, 0.6) is 0 Å². The molecule has 1 saturated heterocycles. The van der Waals surface area contributed by atoms with Gasteiger partial charge in [0.25, 0.3) is 0 Å². The monoisotopic (exact) mass is 401 g/mol. The third kappa shape index (κ3) is 6.67. The SMILES string of the molecule is CC(=O)OC[C@@H]1O[C@@H](O)[C@@H](NC(=O)C(F)(F)F)[C@@H](OC(C)=O)[C@@H]1OC(C)=O. The first-order valence-corrected chi connectivity index (χ1v) is 7.52. The highest BCUT2D eigenvalue weighted by Crippen LogP contribution is 2.27. The molecule has 1 aliphatic rings. The van der Waals surface area contributed by atoms with Crippen LogP contribution in [-0.4, -0.2) is 72.3 Å². The molecule has 2 N–H and O–H groups in total. The van der Waals surface area contributed by atoms with Gasteiger partial charge in [0.15, 0.2) is 18.5 Å². The molecule has 1 rings (SSSR count). The van der Waals surface area contributed by atoms with Crippen LogP contribution in [0.4, 0.5) is 13.2 Å². The van der Waals surface area contributed by atoms with Crippen molar-refractivity contribution in [1.82, 2.24) is 5.32 Å². The Morgan fingerprint density at radius 1 is 1.00 bits per heavy atom. The molecular weight excluding hydrogens is 383 g/mol. The summed E-state index contributed by atoms with van der Waals surface area (Å²) in [6, 6.07) is -1.92. The van der Waals surface area contributed by atoms with Crippen molar-refractivity contribution in [2.75, 3.05) is 6.61 Å². The van der Waals surface area contributed by atoms with Gasteiger partial charge in [0, 0.05) is 20.8 Å². The average molecular weight is 401 g/mol. The molecule has 1 heterocycles. The third-order valence-electron chi connectivity index (χ3n) is 3.28. The van der Waals surface area contributed by atoms with Crippen LogP contribution in [0.3, 0.4) is 0 Å². The van der Waals surface area contributed by atoms with Gasteiger partial charge in [0.1, 0.15) is 18.8 Å². The van der Waals surface area contributed by atoms with E-state index in [-0.39, 0.29) is 0 Å². The van der Waals surface area contributed by atoms with Crippen LogP contribution < -0.4 is 5.32 Å². The largest absolute Gasteiger partial charge is 0.471 e. The highest BCUT2D eigenvalue weighted by molar-refractivity contribution is 5.82. The molecule has 0 aromatic heterocycles. The lowest BCUT2D eigenvalue weighted by atomic mass is 9.96. The second-order valence-electron chi connectivity index (χ2n) is 5.51. The topological polar surface area (TPSA) is 137 Å². The Morgan fingerprint density at radius 2 is 1.52 bits per heavy atom. The highest BCUT2D eigenvalue weighted by Gasteiger charge is 2.52. The lowest BCUT2D eigenvalue weighted by Gasteiger charge is -2.43. The van der Waals surface area contributed by atoms with E-state index in [1.165, 1.54) is 5.32 Å². The zero-order chi connectivity index (χ0) is 20.9. The predicted molar refractivity (Wildman–Crippen MR) is 76.6 cm³/mol. The summed E-state index contributed by atoms with van der Waals surface area (Å²) in [5.74, 6) is -5.12. The number of hydrogen-bond acceptors (Lipinski definition) is 9. The molecule has 1 fully saturated rings. The van der Waals surface area contributed by atoms with Gasteiger partial charge in [0.05, 0.1) is 0 Å². The van der Waals surface area contributed by atoms with E-state index in [9.17, 15) is 37.5 Å². The van der Waals surface area contributed by atoms with Crippen molar-refractivity contribution < 1.29 is 56.4 Å². The van der Waals surface area contributed by atoms with Gasteiger partial charge in [-0.25, -0.2) is 0 Å². The maximum absolute atomic E-state index is 12.5. The van der Waals surface area contributed by atoms with Crippen molar-refractivity contribution in [1.29, 1.82) is 0 Å². The van der Waals surface area contributed by atoms with E-state index in [4.69, 9.17) is 18.9 Å². The number of esters is 3. The van der Waals surface area contributed by atoms with Gasteiger partial charge in [-0.1, -0.05) is 0 Å². The fourth-order valence-corrected chi connectivity index (χ4v) is 2.31. The van der Waals surface area contributed by atoms with Crippen LogP contribution in [0.15, 0.2) is 0 Å². The summed E-state index contributed by atoms with van der Waals surface area (Å²) in [7, 11) is 0. The summed E-state index contributed by atoms with van der Waals surface area (Å²) >= 11 is 0. The Hall–Kier alpha value is -2.41. The van der Waals surface area contributed by atoms with E-state index in [2.05, 4.69) is 0 Å². The molecule has 1 aliphatic heterocycles. The third-order valence-corrected chi connectivity index (χ3v) is 3.28. The minimum Gasteiger partial charge on any atom is -0.463 e. The van der Waals surface area contributed by atoms with Crippen molar-refractivity contribution in [2.45, 2.75) is 57.6 Å². The van der Waals surface area contributed by atoms with Gasteiger partial charge in [-0.15, -0.1) is 0 Å². The molecule has 27 heavy (non-hydrogen) atoms. The second-order valence-corrected chi connectivity index (χ2v) is 5.51. The van der Waals surface area contributed by atoms with E-state index in [0.717, 1.165) is 20.8 Å². The predicted octanol–water partition coefficient (Wildman–Crippen LogP) is -0.823. The van der Waals surface area contributed by atoms with Crippen LogP contribution in [0.2, 0.25) is 0 Å². The zero-order valence-corrected chi connectivity index (χ0v) is 14.4. The summed E-state index contributed by atoms with van der Waals surface area (Å²) in [5, 5.41) is 11.4. The molecule has 0 unspecified atom stereocenters. The van der Waals surface area contributed by atoms with Crippen molar-refractivity contribution in [3.8, 4) is 0 Å². The Kier molecular flexibility index (Phi) is 7.54. The highest BCUT2D eigenvalue weighted by atomic mass is 19.4. The summed E-state index contributed by atoms with van der Waals surface area (Å²) in [5.41, 5.74) is 0. The molecule has 5 atom stereocenters. The van der Waals surface area contributed by atoms with E-state index in [0.29, 0.717) is 0 Å². The van der Waals surface area contributed by atoms with Crippen LogP contribution in [0, 0.1) is 0 Å². The molecule has 1 amide bonds. The lowest BCUT2D eigenvalue weighted by Crippen LogP contribution is -2.67. The summed E-state index contributed by atoms with van der Waals surface area (Å²) in [4.78, 5) is 44.9. The van der Waals surface area contributed by atoms with Gasteiger partial charge in [0.2, 0.25) is 0 Å². The molecule has 0 saturated carbocycles. The van der Waals surface area contributed by atoms with Crippen molar-refractivity contribution in [3.63, 3.8) is 0 Å². The Balaban J connectivity index is 3.18. The molecule has 0 radical (unpaired) electrons. The molecule has 10 nitrogen and oxygen atoms in total. The van der Waals surface area contributed by atoms with E-state index in [1.54, 1.807) is 0 Å². The molecule has 0 aromatic rings. The first-order chi connectivity index (χ1) is 12.3. The first-order valence-electron chi connectivity index (χ1n) is 7.52. The minimum absolute atomic E-state index is 0.567. The lowest BCUT2D eigenvalue weighted by molar-refractivity contribution is -0.266.